The molecule has 1 N–H and O–H groups in total. The molecule has 0 radical (unpaired) electrons. The van der Waals surface area contributed by atoms with Crippen molar-refractivity contribution in [2.24, 2.45) is 0 Å². The van der Waals surface area contributed by atoms with Gasteiger partial charge in [0.15, 0.2) is 0 Å². The predicted molar refractivity (Wildman–Crippen MR) is 89.5 cm³/mol. The van der Waals surface area contributed by atoms with E-state index in [0.29, 0.717) is 29.9 Å². The van der Waals surface area contributed by atoms with Crippen molar-refractivity contribution in [3.05, 3.63) is 48.3 Å². The monoisotopic (exact) mass is 345 g/mol. The van der Waals surface area contributed by atoms with Crippen molar-refractivity contribution in [2.75, 3.05) is 13.1 Å². The summed E-state index contributed by atoms with van der Waals surface area (Å²) in [6, 6.07) is 11.0. The minimum absolute atomic E-state index is 0.287. The molecule has 1 aliphatic rings. The lowest BCUT2D eigenvalue weighted by atomic mass is 10.2. The predicted octanol–water partition coefficient (Wildman–Crippen LogP) is 3.15. The van der Waals surface area contributed by atoms with Crippen LogP contribution in [0.25, 0.3) is 22.4 Å². The van der Waals surface area contributed by atoms with Gasteiger partial charge in [0.2, 0.25) is 10.0 Å². The molecule has 24 heavy (non-hydrogen) atoms. The summed E-state index contributed by atoms with van der Waals surface area (Å²) >= 11 is 0. The fraction of sp³-hybridized carbons (Fsp3) is 0.235. The Hall–Kier alpha value is -2.25. The fourth-order valence-electron chi connectivity index (χ4n) is 2.98. The molecule has 0 spiro atoms. The van der Waals surface area contributed by atoms with Crippen LogP contribution in [0.4, 0.5) is 4.39 Å². The SMILES string of the molecule is O=S(=O)(c1ccc(-c2nc3ccc(F)cc3[nH]2)cc1)N1CCCC1. The fourth-order valence-corrected chi connectivity index (χ4v) is 4.50. The smallest absolute Gasteiger partial charge is 0.243 e. The van der Waals surface area contributed by atoms with E-state index in [0.717, 1.165) is 18.4 Å². The van der Waals surface area contributed by atoms with E-state index in [-0.39, 0.29) is 10.7 Å². The van der Waals surface area contributed by atoms with Gasteiger partial charge < -0.3 is 4.98 Å². The van der Waals surface area contributed by atoms with Crippen LogP contribution in [0.2, 0.25) is 0 Å². The summed E-state index contributed by atoms with van der Waals surface area (Å²) in [4.78, 5) is 7.75. The van der Waals surface area contributed by atoms with Crippen molar-refractivity contribution in [3.63, 3.8) is 0 Å². The third-order valence-electron chi connectivity index (χ3n) is 4.27. The number of benzene rings is 2. The van der Waals surface area contributed by atoms with Gasteiger partial charge in [-0.1, -0.05) is 0 Å². The Morgan fingerprint density at radius 1 is 1.04 bits per heavy atom. The van der Waals surface area contributed by atoms with Crippen LogP contribution in [-0.4, -0.2) is 35.8 Å². The Morgan fingerprint density at radius 2 is 1.75 bits per heavy atom. The number of fused-ring (bicyclic) bond motifs is 1. The molecule has 5 nitrogen and oxygen atoms in total. The number of imidazole rings is 1. The lowest BCUT2D eigenvalue weighted by molar-refractivity contribution is 0.477. The third-order valence-corrected chi connectivity index (χ3v) is 6.19. The molecule has 0 bridgehead atoms. The second-order valence-electron chi connectivity index (χ2n) is 5.88. The molecule has 7 heteroatoms. The summed E-state index contributed by atoms with van der Waals surface area (Å²) in [5, 5.41) is 0. The molecule has 2 heterocycles. The van der Waals surface area contributed by atoms with Crippen molar-refractivity contribution in [3.8, 4) is 11.4 Å². The van der Waals surface area contributed by atoms with Gasteiger partial charge in [-0.3, -0.25) is 0 Å². The standard InChI is InChI=1S/C17H16FN3O2S/c18-13-5-8-15-16(11-13)20-17(19-15)12-3-6-14(7-4-12)24(22,23)21-9-1-2-10-21/h3-8,11H,1-2,9-10H2,(H,19,20). The zero-order valence-corrected chi connectivity index (χ0v) is 13.7. The molecule has 1 fully saturated rings. The topological polar surface area (TPSA) is 66.1 Å². The maximum absolute atomic E-state index is 13.3. The number of nitrogens with zero attached hydrogens (tertiary/aromatic N) is 2. The van der Waals surface area contributed by atoms with E-state index < -0.39 is 10.0 Å². The summed E-state index contributed by atoms with van der Waals surface area (Å²) in [6.45, 7) is 1.17. The highest BCUT2D eigenvalue weighted by Gasteiger charge is 2.27. The van der Waals surface area contributed by atoms with Gasteiger partial charge in [0.25, 0.3) is 0 Å². The first-order chi connectivity index (χ1) is 11.5. The molecule has 1 saturated heterocycles. The quantitative estimate of drug-likeness (QED) is 0.793. The Morgan fingerprint density at radius 3 is 2.46 bits per heavy atom. The van der Waals surface area contributed by atoms with Gasteiger partial charge in [-0.15, -0.1) is 0 Å². The average molecular weight is 345 g/mol. The number of nitrogens with one attached hydrogen (secondary N) is 1. The average Bonchev–Trinajstić information content (AvgIpc) is 3.24. The van der Waals surface area contributed by atoms with Crippen molar-refractivity contribution in [1.82, 2.24) is 14.3 Å². The molecule has 1 aromatic heterocycles. The molecule has 0 aliphatic carbocycles. The minimum atomic E-state index is -3.41. The zero-order valence-electron chi connectivity index (χ0n) is 12.9. The number of aromatic amines is 1. The molecule has 4 rings (SSSR count). The highest BCUT2D eigenvalue weighted by molar-refractivity contribution is 7.89. The van der Waals surface area contributed by atoms with E-state index >= 15 is 0 Å². The summed E-state index contributed by atoms with van der Waals surface area (Å²) in [5.41, 5.74) is 2.03. The lowest BCUT2D eigenvalue weighted by Gasteiger charge is -2.15. The maximum atomic E-state index is 13.3. The first-order valence-corrected chi connectivity index (χ1v) is 9.24. The highest BCUT2D eigenvalue weighted by Crippen LogP contribution is 2.25. The van der Waals surface area contributed by atoms with E-state index in [9.17, 15) is 12.8 Å². The van der Waals surface area contributed by atoms with Crippen LogP contribution in [0.15, 0.2) is 47.4 Å². The minimum Gasteiger partial charge on any atom is -0.338 e. The van der Waals surface area contributed by atoms with E-state index in [1.165, 1.54) is 16.4 Å². The van der Waals surface area contributed by atoms with Gasteiger partial charge in [-0.05, 0) is 55.3 Å². The van der Waals surface area contributed by atoms with Crippen molar-refractivity contribution in [1.29, 1.82) is 0 Å². The van der Waals surface area contributed by atoms with Crippen LogP contribution >= 0.6 is 0 Å². The van der Waals surface area contributed by atoms with Gasteiger partial charge in [-0.25, -0.2) is 17.8 Å². The van der Waals surface area contributed by atoms with Crippen molar-refractivity contribution < 1.29 is 12.8 Å². The van der Waals surface area contributed by atoms with E-state index in [4.69, 9.17) is 0 Å². The largest absolute Gasteiger partial charge is 0.338 e. The summed E-state index contributed by atoms with van der Waals surface area (Å²) in [6.07, 6.45) is 1.82. The normalized spacial score (nSPS) is 16.0. The van der Waals surface area contributed by atoms with Crippen LogP contribution in [-0.2, 0) is 10.0 Å². The van der Waals surface area contributed by atoms with Crippen LogP contribution in [0.1, 0.15) is 12.8 Å². The Kier molecular flexibility index (Phi) is 3.62. The number of hydrogen-bond acceptors (Lipinski definition) is 3. The number of H-pyrrole nitrogens is 1. The Bertz CT molecular complexity index is 990. The van der Waals surface area contributed by atoms with Crippen LogP contribution in [0, 0.1) is 5.82 Å². The molecule has 0 saturated carbocycles. The summed E-state index contributed by atoms with van der Waals surface area (Å²) < 4.78 is 39.8. The molecule has 3 aromatic rings. The Labute approximate surface area is 139 Å². The molecule has 2 aromatic carbocycles. The lowest BCUT2D eigenvalue weighted by Crippen LogP contribution is -2.27. The first kappa shape index (κ1) is 15.3. The van der Waals surface area contributed by atoms with Gasteiger partial charge in [0.05, 0.1) is 15.9 Å². The number of hydrogen-bond donors (Lipinski definition) is 1. The second-order valence-corrected chi connectivity index (χ2v) is 7.82. The molecule has 0 amide bonds. The molecule has 1 aliphatic heterocycles. The molecular weight excluding hydrogens is 329 g/mol. The molecule has 124 valence electrons. The molecule has 0 atom stereocenters. The van der Waals surface area contributed by atoms with Gasteiger partial charge in [0, 0.05) is 18.7 Å². The van der Waals surface area contributed by atoms with Crippen LogP contribution in [0.5, 0.6) is 0 Å². The third kappa shape index (κ3) is 2.59. The molecular formula is C17H16FN3O2S. The van der Waals surface area contributed by atoms with E-state index in [1.54, 1.807) is 30.3 Å². The van der Waals surface area contributed by atoms with Crippen molar-refractivity contribution in [2.45, 2.75) is 17.7 Å². The van der Waals surface area contributed by atoms with Crippen LogP contribution < -0.4 is 0 Å². The maximum Gasteiger partial charge on any atom is 0.243 e. The first-order valence-electron chi connectivity index (χ1n) is 7.80. The van der Waals surface area contributed by atoms with E-state index in [2.05, 4.69) is 9.97 Å². The van der Waals surface area contributed by atoms with Crippen molar-refractivity contribution >= 4 is 21.1 Å². The van der Waals surface area contributed by atoms with Gasteiger partial charge in [-0.2, -0.15) is 4.31 Å². The van der Waals surface area contributed by atoms with Gasteiger partial charge in [0.1, 0.15) is 11.6 Å². The summed E-state index contributed by atoms with van der Waals surface area (Å²) in [5.74, 6) is 0.255. The molecule has 0 unspecified atom stereocenters. The number of halogens is 1. The number of aromatic nitrogens is 2. The van der Waals surface area contributed by atoms with Gasteiger partial charge >= 0.3 is 0 Å². The Balaban J connectivity index is 1.67. The van der Waals surface area contributed by atoms with Crippen LogP contribution in [0.3, 0.4) is 0 Å². The number of rotatable bonds is 3. The number of sulfonamides is 1. The second kappa shape index (κ2) is 5.68. The highest BCUT2D eigenvalue weighted by atomic mass is 32.2. The zero-order chi connectivity index (χ0) is 16.7. The van der Waals surface area contributed by atoms with E-state index in [1.807, 2.05) is 0 Å². The summed E-state index contributed by atoms with van der Waals surface area (Å²) in [7, 11) is -3.41.